The van der Waals surface area contributed by atoms with Crippen LogP contribution < -0.4 is 0 Å². The van der Waals surface area contributed by atoms with Gasteiger partial charge >= 0.3 is 0 Å². The fourth-order valence-corrected chi connectivity index (χ4v) is 1.31. The van der Waals surface area contributed by atoms with Gasteiger partial charge in [0.2, 0.25) is 0 Å². The normalized spacial score (nSPS) is 24.9. The van der Waals surface area contributed by atoms with Crippen LogP contribution in [0, 0.1) is 0 Å². The number of likely N-dealkylation sites (tertiary alicyclic amines) is 1. The van der Waals surface area contributed by atoms with Crippen LogP contribution in [-0.2, 0) is 4.74 Å². The Bertz CT molecular complexity index is 116. The molecule has 2 heteroatoms. The lowest BCUT2D eigenvalue weighted by Gasteiger charge is -2.49. The van der Waals surface area contributed by atoms with Crippen LogP contribution in [0.25, 0.3) is 0 Å². The Morgan fingerprint density at radius 2 is 1.90 bits per heavy atom. The summed E-state index contributed by atoms with van der Waals surface area (Å²) < 4.78 is 5.31. The summed E-state index contributed by atoms with van der Waals surface area (Å²) in [4.78, 5) is 2.41. The third-order valence-electron chi connectivity index (χ3n) is 2.30. The molecule has 0 bridgehead atoms. The van der Waals surface area contributed by atoms with Crippen molar-refractivity contribution in [1.82, 2.24) is 4.90 Å². The second-order valence-corrected chi connectivity index (χ2v) is 3.65. The van der Waals surface area contributed by atoms with E-state index in [9.17, 15) is 0 Å². The molecule has 0 atom stereocenters. The van der Waals surface area contributed by atoms with Crippen molar-refractivity contribution in [2.45, 2.75) is 32.4 Å². The molecule has 0 spiro atoms. The Morgan fingerprint density at radius 3 is 2.20 bits per heavy atom. The molecule has 10 heavy (non-hydrogen) atoms. The molecule has 0 aromatic rings. The molecular weight excluding hydrogens is 126 g/mol. The molecule has 1 rings (SSSR count). The van der Waals surface area contributed by atoms with E-state index < -0.39 is 0 Å². The summed E-state index contributed by atoms with van der Waals surface area (Å²) in [7, 11) is 1.79. The van der Waals surface area contributed by atoms with Gasteiger partial charge in [0.15, 0.2) is 0 Å². The van der Waals surface area contributed by atoms with Gasteiger partial charge in [-0.3, -0.25) is 4.90 Å². The molecule has 1 fully saturated rings. The van der Waals surface area contributed by atoms with Gasteiger partial charge < -0.3 is 4.74 Å². The number of hydrogen-bond acceptors (Lipinski definition) is 2. The van der Waals surface area contributed by atoms with E-state index in [4.69, 9.17) is 4.74 Å². The number of rotatable bonds is 2. The summed E-state index contributed by atoms with van der Waals surface area (Å²) in [5.74, 6) is 0. The van der Waals surface area contributed by atoms with Crippen LogP contribution in [0.1, 0.15) is 20.8 Å². The Kier molecular flexibility index (Phi) is 2.02. The maximum absolute atomic E-state index is 5.31. The third kappa shape index (κ3) is 1.32. The standard InChI is InChI=1S/C8H17NO/c1-7(2)9-5-8(3,6-9)10-4/h7H,5-6H2,1-4H3. The molecule has 1 heterocycles. The molecule has 0 N–H and O–H groups in total. The van der Waals surface area contributed by atoms with E-state index in [1.165, 1.54) is 0 Å². The number of ether oxygens (including phenoxy) is 1. The monoisotopic (exact) mass is 143 g/mol. The summed E-state index contributed by atoms with van der Waals surface area (Å²) in [6.07, 6.45) is 0. The fourth-order valence-electron chi connectivity index (χ4n) is 1.31. The molecule has 1 saturated heterocycles. The molecule has 2 nitrogen and oxygen atoms in total. The van der Waals surface area contributed by atoms with Gasteiger partial charge in [0, 0.05) is 26.2 Å². The van der Waals surface area contributed by atoms with E-state index in [1.54, 1.807) is 7.11 Å². The van der Waals surface area contributed by atoms with Gasteiger partial charge in [-0.15, -0.1) is 0 Å². The van der Waals surface area contributed by atoms with Crippen molar-refractivity contribution in [3.63, 3.8) is 0 Å². The average Bonchev–Trinajstić information content (AvgIpc) is 1.80. The molecule has 0 radical (unpaired) electrons. The Morgan fingerprint density at radius 1 is 1.40 bits per heavy atom. The van der Waals surface area contributed by atoms with Gasteiger partial charge in [-0.2, -0.15) is 0 Å². The molecule has 60 valence electrons. The first kappa shape index (κ1) is 8.02. The topological polar surface area (TPSA) is 12.5 Å². The fraction of sp³-hybridized carbons (Fsp3) is 1.00. The Hall–Kier alpha value is -0.0800. The van der Waals surface area contributed by atoms with Crippen molar-refractivity contribution in [1.29, 1.82) is 0 Å². The predicted octanol–water partition coefficient (Wildman–Crippen LogP) is 1.12. The van der Waals surface area contributed by atoms with Crippen LogP contribution in [0.5, 0.6) is 0 Å². The van der Waals surface area contributed by atoms with Crippen LogP contribution in [-0.4, -0.2) is 36.7 Å². The largest absolute Gasteiger partial charge is 0.376 e. The minimum atomic E-state index is 0.143. The van der Waals surface area contributed by atoms with E-state index >= 15 is 0 Å². The van der Waals surface area contributed by atoms with Crippen LogP contribution in [0.15, 0.2) is 0 Å². The SMILES string of the molecule is COC1(C)CN(C(C)C)C1. The first-order valence-electron chi connectivity index (χ1n) is 3.86. The highest BCUT2D eigenvalue weighted by Gasteiger charge is 2.39. The van der Waals surface area contributed by atoms with E-state index in [2.05, 4.69) is 25.7 Å². The molecule has 0 aliphatic carbocycles. The predicted molar refractivity (Wildman–Crippen MR) is 42.1 cm³/mol. The maximum Gasteiger partial charge on any atom is 0.0903 e. The minimum Gasteiger partial charge on any atom is -0.376 e. The van der Waals surface area contributed by atoms with Gasteiger partial charge in [-0.05, 0) is 20.8 Å². The van der Waals surface area contributed by atoms with Crippen molar-refractivity contribution in [3.05, 3.63) is 0 Å². The quantitative estimate of drug-likeness (QED) is 0.574. The van der Waals surface area contributed by atoms with Gasteiger partial charge in [-0.25, -0.2) is 0 Å². The molecule has 0 aromatic heterocycles. The maximum atomic E-state index is 5.31. The highest BCUT2D eigenvalue weighted by Crippen LogP contribution is 2.25. The highest BCUT2D eigenvalue weighted by atomic mass is 16.5. The molecule has 0 saturated carbocycles. The first-order valence-corrected chi connectivity index (χ1v) is 3.86. The lowest BCUT2D eigenvalue weighted by molar-refractivity contribution is -0.121. The van der Waals surface area contributed by atoms with Crippen LogP contribution >= 0.6 is 0 Å². The molecular formula is C8H17NO. The zero-order chi connectivity index (χ0) is 7.78. The Labute approximate surface area is 63.2 Å². The van der Waals surface area contributed by atoms with Gasteiger partial charge in [-0.1, -0.05) is 0 Å². The molecule has 1 aliphatic rings. The van der Waals surface area contributed by atoms with Crippen molar-refractivity contribution in [2.24, 2.45) is 0 Å². The van der Waals surface area contributed by atoms with Crippen molar-refractivity contribution < 1.29 is 4.74 Å². The van der Waals surface area contributed by atoms with Crippen LogP contribution in [0.2, 0.25) is 0 Å². The van der Waals surface area contributed by atoms with Gasteiger partial charge in [0.25, 0.3) is 0 Å². The van der Waals surface area contributed by atoms with Gasteiger partial charge in [0.05, 0.1) is 5.60 Å². The second-order valence-electron chi connectivity index (χ2n) is 3.65. The summed E-state index contributed by atoms with van der Waals surface area (Å²) in [5.41, 5.74) is 0.143. The summed E-state index contributed by atoms with van der Waals surface area (Å²) in [6, 6.07) is 0.670. The molecule has 0 aromatic carbocycles. The lowest BCUT2D eigenvalue weighted by Crippen LogP contribution is -2.62. The van der Waals surface area contributed by atoms with Gasteiger partial charge in [0.1, 0.15) is 0 Å². The molecule has 1 aliphatic heterocycles. The lowest BCUT2D eigenvalue weighted by atomic mass is 9.95. The Balaban J connectivity index is 2.29. The van der Waals surface area contributed by atoms with Crippen LogP contribution in [0.4, 0.5) is 0 Å². The highest BCUT2D eigenvalue weighted by molar-refractivity contribution is 4.94. The van der Waals surface area contributed by atoms with E-state index in [0.29, 0.717) is 6.04 Å². The second kappa shape index (κ2) is 2.51. The summed E-state index contributed by atoms with van der Waals surface area (Å²) in [6.45, 7) is 8.76. The summed E-state index contributed by atoms with van der Waals surface area (Å²) >= 11 is 0. The minimum absolute atomic E-state index is 0.143. The number of methoxy groups -OCH3 is 1. The van der Waals surface area contributed by atoms with E-state index in [-0.39, 0.29) is 5.60 Å². The first-order chi connectivity index (χ1) is 4.57. The van der Waals surface area contributed by atoms with Crippen LogP contribution in [0.3, 0.4) is 0 Å². The van der Waals surface area contributed by atoms with Crippen molar-refractivity contribution in [3.8, 4) is 0 Å². The van der Waals surface area contributed by atoms with Crippen molar-refractivity contribution in [2.75, 3.05) is 20.2 Å². The zero-order valence-corrected chi connectivity index (χ0v) is 7.35. The van der Waals surface area contributed by atoms with E-state index in [0.717, 1.165) is 13.1 Å². The smallest absolute Gasteiger partial charge is 0.0903 e. The summed E-state index contributed by atoms with van der Waals surface area (Å²) in [5, 5.41) is 0. The number of hydrogen-bond donors (Lipinski definition) is 0. The van der Waals surface area contributed by atoms with E-state index in [1.807, 2.05) is 0 Å². The van der Waals surface area contributed by atoms with Crippen molar-refractivity contribution >= 4 is 0 Å². The number of nitrogens with zero attached hydrogens (tertiary/aromatic N) is 1. The third-order valence-corrected chi connectivity index (χ3v) is 2.30. The zero-order valence-electron chi connectivity index (χ0n) is 7.35. The molecule has 0 amide bonds. The molecule has 0 unspecified atom stereocenters. The average molecular weight is 143 g/mol.